The number of imidazole rings is 1. The van der Waals surface area contributed by atoms with E-state index in [-0.39, 0.29) is 5.69 Å². The van der Waals surface area contributed by atoms with Gasteiger partial charge in [-0.2, -0.15) is 0 Å². The Morgan fingerprint density at radius 1 is 1.26 bits per heavy atom. The molecule has 0 radical (unpaired) electrons. The molecule has 0 atom stereocenters. The summed E-state index contributed by atoms with van der Waals surface area (Å²) in [5, 5.41) is 0.791. The van der Waals surface area contributed by atoms with E-state index in [0.717, 1.165) is 16.1 Å². The Kier molecular flexibility index (Phi) is 3.04. The second kappa shape index (κ2) is 4.85. The highest BCUT2D eigenvalue weighted by molar-refractivity contribution is 7.98. The summed E-state index contributed by atoms with van der Waals surface area (Å²) in [7, 11) is 0. The predicted molar refractivity (Wildman–Crippen MR) is 72.1 cm³/mol. The SMILES string of the molecule is Nc1ccc(CSc2ncnc3nc[nH]c23)cc1F. The number of hydrogen-bond acceptors (Lipinski definition) is 5. The highest BCUT2D eigenvalue weighted by atomic mass is 32.2. The van der Waals surface area contributed by atoms with Crippen molar-refractivity contribution in [2.24, 2.45) is 0 Å². The van der Waals surface area contributed by atoms with Crippen LogP contribution in [0.15, 0.2) is 35.9 Å². The molecule has 0 aliphatic rings. The third-order valence-corrected chi connectivity index (χ3v) is 3.69. The number of hydrogen-bond donors (Lipinski definition) is 2. The molecule has 0 bridgehead atoms. The first-order valence-electron chi connectivity index (χ1n) is 5.55. The molecule has 7 heteroatoms. The Hall–Kier alpha value is -2.15. The van der Waals surface area contributed by atoms with Crippen LogP contribution in [0.25, 0.3) is 11.2 Å². The highest BCUT2D eigenvalue weighted by Crippen LogP contribution is 2.26. The van der Waals surface area contributed by atoms with Crippen molar-refractivity contribution in [3.8, 4) is 0 Å². The molecule has 0 saturated carbocycles. The predicted octanol–water partition coefficient (Wildman–Crippen LogP) is 2.37. The highest BCUT2D eigenvalue weighted by Gasteiger charge is 2.07. The molecule has 3 N–H and O–H groups in total. The van der Waals surface area contributed by atoms with Gasteiger partial charge in [0.15, 0.2) is 5.65 Å². The number of H-pyrrole nitrogens is 1. The first-order chi connectivity index (χ1) is 9.24. The van der Waals surface area contributed by atoms with Gasteiger partial charge in [-0.3, -0.25) is 0 Å². The third kappa shape index (κ3) is 2.37. The van der Waals surface area contributed by atoms with Gasteiger partial charge in [-0.15, -0.1) is 0 Å². The molecule has 19 heavy (non-hydrogen) atoms. The maximum Gasteiger partial charge on any atom is 0.181 e. The zero-order valence-electron chi connectivity index (χ0n) is 9.80. The van der Waals surface area contributed by atoms with E-state index in [4.69, 9.17) is 5.73 Å². The van der Waals surface area contributed by atoms with Crippen molar-refractivity contribution >= 4 is 28.6 Å². The molecule has 0 aliphatic heterocycles. The molecule has 0 amide bonds. The summed E-state index contributed by atoms with van der Waals surface area (Å²) >= 11 is 1.49. The van der Waals surface area contributed by atoms with Gasteiger partial charge >= 0.3 is 0 Å². The van der Waals surface area contributed by atoms with Crippen molar-refractivity contribution in [3.05, 3.63) is 42.2 Å². The van der Waals surface area contributed by atoms with Gasteiger partial charge in [0, 0.05) is 5.75 Å². The molecule has 0 fully saturated rings. The van der Waals surface area contributed by atoms with Gasteiger partial charge in [0.05, 0.1) is 12.0 Å². The van der Waals surface area contributed by atoms with Crippen molar-refractivity contribution in [3.63, 3.8) is 0 Å². The average molecular weight is 275 g/mol. The number of anilines is 1. The minimum absolute atomic E-state index is 0.159. The van der Waals surface area contributed by atoms with Crippen LogP contribution in [0, 0.1) is 5.82 Å². The number of benzene rings is 1. The fraction of sp³-hybridized carbons (Fsp3) is 0.0833. The van der Waals surface area contributed by atoms with Gasteiger partial charge < -0.3 is 10.7 Å². The summed E-state index contributed by atoms with van der Waals surface area (Å²) in [6, 6.07) is 4.81. The van der Waals surface area contributed by atoms with E-state index in [2.05, 4.69) is 19.9 Å². The number of nitrogens with two attached hydrogens (primary N) is 1. The Bertz CT molecular complexity index is 727. The molecule has 2 heterocycles. The van der Waals surface area contributed by atoms with E-state index >= 15 is 0 Å². The summed E-state index contributed by atoms with van der Waals surface area (Å²) in [5.74, 6) is 0.204. The molecule has 96 valence electrons. The Morgan fingerprint density at radius 2 is 2.16 bits per heavy atom. The van der Waals surface area contributed by atoms with Crippen molar-refractivity contribution in [2.75, 3.05) is 5.73 Å². The van der Waals surface area contributed by atoms with Crippen LogP contribution in [0.2, 0.25) is 0 Å². The molecule has 0 saturated heterocycles. The van der Waals surface area contributed by atoms with E-state index in [1.807, 2.05) is 0 Å². The number of thioether (sulfide) groups is 1. The molecule has 2 aromatic heterocycles. The molecule has 3 aromatic rings. The summed E-state index contributed by atoms with van der Waals surface area (Å²) in [6.07, 6.45) is 3.04. The van der Waals surface area contributed by atoms with Crippen LogP contribution in [0.5, 0.6) is 0 Å². The zero-order valence-corrected chi connectivity index (χ0v) is 10.6. The van der Waals surface area contributed by atoms with Gasteiger partial charge in [-0.1, -0.05) is 17.8 Å². The smallest absolute Gasteiger partial charge is 0.181 e. The van der Waals surface area contributed by atoms with Crippen molar-refractivity contribution < 1.29 is 4.39 Å². The van der Waals surface area contributed by atoms with Gasteiger partial charge in [-0.25, -0.2) is 19.3 Å². The van der Waals surface area contributed by atoms with E-state index in [0.29, 0.717) is 11.4 Å². The number of nitrogens with zero attached hydrogens (tertiary/aromatic N) is 3. The van der Waals surface area contributed by atoms with Crippen molar-refractivity contribution in [2.45, 2.75) is 10.8 Å². The molecule has 0 spiro atoms. The monoisotopic (exact) mass is 275 g/mol. The second-order valence-corrected chi connectivity index (χ2v) is 4.89. The number of aromatic amines is 1. The van der Waals surface area contributed by atoms with Crippen LogP contribution in [0.1, 0.15) is 5.56 Å². The fourth-order valence-corrected chi connectivity index (χ4v) is 2.56. The number of nitrogens with one attached hydrogen (secondary N) is 1. The number of nitrogen functional groups attached to an aromatic ring is 1. The first kappa shape index (κ1) is 11.9. The Morgan fingerprint density at radius 3 is 3.00 bits per heavy atom. The minimum atomic E-state index is -0.396. The number of rotatable bonds is 3. The molecule has 0 unspecified atom stereocenters. The standard InChI is InChI=1S/C12H10FN5S/c13-8-3-7(1-2-9(8)14)4-19-12-10-11(16-5-15-10)17-6-18-12/h1-3,5-6H,4,14H2,(H,15,16,17,18). The molecule has 5 nitrogen and oxygen atoms in total. The van der Waals surface area contributed by atoms with Gasteiger partial charge in [0.1, 0.15) is 22.7 Å². The maximum atomic E-state index is 13.3. The van der Waals surface area contributed by atoms with Crippen LogP contribution in [0.3, 0.4) is 0 Å². The van der Waals surface area contributed by atoms with Crippen molar-refractivity contribution in [1.82, 2.24) is 19.9 Å². The number of fused-ring (bicyclic) bond motifs is 1. The quantitative estimate of drug-likeness (QED) is 0.436. The Labute approximate surface area is 112 Å². The molecule has 0 aliphatic carbocycles. The summed E-state index contributed by atoms with van der Waals surface area (Å²) in [5.41, 5.74) is 7.87. The topological polar surface area (TPSA) is 80.5 Å². The summed E-state index contributed by atoms with van der Waals surface area (Å²) < 4.78 is 13.3. The Balaban J connectivity index is 1.82. The van der Waals surface area contributed by atoms with E-state index in [1.165, 1.54) is 24.2 Å². The van der Waals surface area contributed by atoms with E-state index in [9.17, 15) is 4.39 Å². The lowest BCUT2D eigenvalue weighted by Gasteiger charge is -2.03. The van der Waals surface area contributed by atoms with Crippen LogP contribution >= 0.6 is 11.8 Å². The largest absolute Gasteiger partial charge is 0.396 e. The van der Waals surface area contributed by atoms with Gasteiger partial charge in [0.25, 0.3) is 0 Å². The zero-order chi connectivity index (χ0) is 13.2. The molecular formula is C12H10FN5S. The average Bonchev–Trinajstić information content (AvgIpc) is 2.89. The lowest BCUT2D eigenvalue weighted by molar-refractivity contribution is 0.631. The normalized spacial score (nSPS) is 11.0. The fourth-order valence-electron chi connectivity index (χ4n) is 1.66. The third-order valence-electron chi connectivity index (χ3n) is 2.63. The van der Waals surface area contributed by atoms with E-state index in [1.54, 1.807) is 18.5 Å². The first-order valence-corrected chi connectivity index (χ1v) is 6.53. The summed E-state index contributed by atoms with van der Waals surface area (Å²) in [4.78, 5) is 15.3. The second-order valence-electron chi connectivity index (χ2n) is 3.92. The van der Waals surface area contributed by atoms with Crippen LogP contribution in [-0.4, -0.2) is 19.9 Å². The molecular weight excluding hydrogens is 265 g/mol. The lowest BCUT2D eigenvalue weighted by atomic mass is 10.2. The van der Waals surface area contributed by atoms with Gasteiger partial charge in [-0.05, 0) is 17.7 Å². The maximum absolute atomic E-state index is 13.3. The van der Waals surface area contributed by atoms with E-state index < -0.39 is 5.82 Å². The van der Waals surface area contributed by atoms with Gasteiger partial charge in [0.2, 0.25) is 0 Å². The molecule has 1 aromatic carbocycles. The van der Waals surface area contributed by atoms with Crippen molar-refractivity contribution in [1.29, 1.82) is 0 Å². The van der Waals surface area contributed by atoms with Crippen LogP contribution in [0.4, 0.5) is 10.1 Å². The number of aromatic nitrogens is 4. The lowest BCUT2D eigenvalue weighted by Crippen LogP contribution is -1.92. The van der Waals surface area contributed by atoms with Crippen LogP contribution in [-0.2, 0) is 5.75 Å². The van der Waals surface area contributed by atoms with Crippen LogP contribution < -0.4 is 5.73 Å². The molecule has 3 rings (SSSR count). The minimum Gasteiger partial charge on any atom is -0.396 e. The number of halogens is 1. The summed E-state index contributed by atoms with van der Waals surface area (Å²) in [6.45, 7) is 0.